The van der Waals surface area contributed by atoms with Crippen LogP contribution in [-0.4, -0.2) is 17.0 Å². The zero-order valence-corrected chi connectivity index (χ0v) is 11.5. The molecule has 1 heterocycles. The van der Waals surface area contributed by atoms with E-state index in [1.807, 2.05) is 7.05 Å². The smallest absolute Gasteiger partial charge is 0.123 e. The van der Waals surface area contributed by atoms with Crippen LogP contribution < -0.4 is 5.32 Å². The van der Waals surface area contributed by atoms with Gasteiger partial charge in [0.05, 0.1) is 11.7 Å². The number of rotatable bonds is 4. The Labute approximate surface area is 114 Å². The second kappa shape index (κ2) is 6.02. The van der Waals surface area contributed by atoms with Crippen LogP contribution in [0.5, 0.6) is 0 Å². The Morgan fingerprint density at radius 2 is 2.22 bits per heavy atom. The van der Waals surface area contributed by atoms with Crippen molar-refractivity contribution >= 4 is 15.9 Å². The van der Waals surface area contributed by atoms with E-state index in [9.17, 15) is 4.39 Å². The van der Waals surface area contributed by atoms with Crippen LogP contribution in [0, 0.1) is 5.82 Å². The maximum atomic E-state index is 13.2. The Bertz CT molecular complexity index is 519. The molecular weight excluding hydrogens is 297 g/mol. The van der Waals surface area contributed by atoms with Crippen molar-refractivity contribution in [2.45, 2.75) is 12.5 Å². The van der Waals surface area contributed by atoms with E-state index in [1.165, 1.54) is 12.1 Å². The highest BCUT2D eigenvalue weighted by molar-refractivity contribution is 9.10. The summed E-state index contributed by atoms with van der Waals surface area (Å²) in [5.74, 6) is -0.234. The summed E-state index contributed by atoms with van der Waals surface area (Å²) in [6, 6.07) is 4.69. The van der Waals surface area contributed by atoms with E-state index >= 15 is 0 Å². The number of likely N-dealkylation sites (N-methyl/N-ethyl adjacent to an activating group) is 1. The van der Waals surface area contributed by atoms with E-state index < -0.39 is 0 Å². The summed E-state index contributed by atoms with van der Waals surface area (Å²) in [5, 5.41) is 3.17. The zero-order chi connectivity index (χ0) is 13.0. The number of benzene rings is 1. The van der Waals surface area contributed by atoms with Gasteiger partial charge >= 0.3 is 0 Å². The van der Waals surface area contributed by atoms with Gasteiger partial charge in [-0.25, -0.2) is 4.39 Å². The minimum Gasteiger partial charge on any atom is -0.311 e. The maximum absolute atomic E-state index is 13.2. The largest absolute Gasteiger partial charge is 0.311 e. The monoisotopic (exact) mass is 309 g/mol. The van der Waals surface area contributed by atoms with Crippen molar-refractivity contribution in [1.82, 2.24) is 15.3 Å². The molecule has 18 heavy (non-hydrogen) atoms. The quantitative estimate of drug-likeness (QED) is 0.943. The van der Waals surface area contributed by atoms with Gasteiger partial charge in [-0.2, -0.15) is 0 Å². The minimum absolute atomic E-state index is 0.0109. The second-order valence-electron chi connectivity index (χ2n) is 3.91. The second-order valence-corrected chi connectivity index (χ2v) is 4.77. The van der Waals surface area contributed by atoms with Gasteiger partial charge in [0.15, 0.2) is 0 Å². The number of hydrogen-bond acceptors (Lipinski definition) is 3. The van der Waals surface area contributed by atoms with Gasteiger partial charge in [0.1, 0.15) is 5.82 Å². The molecule has 0 spiro atoms. The molecule has 1 aromatic heterocycles. The van der Waals surface area contributed by atoms with Crippen LogP contribution in [0.15, 0.2) is 41.3 Å². The highest BCUT2D eigenvalue weighted by Crippen LogP contribution is 2.23. The fourth-order valence-electron chi connectivity index (χ4n) is 1.76. The van der Waals surface area contributed by atoms with Crippen molar-refractivity contribution in [3.05, 3.63) is 58.3 Å². The van der Waals surface area contributed by atoms with Crippen molar-refractivity contribution in [3.63, 3.8) is 0 Å². The first-order valence-electron chi connectivity index (χ1n) is 5.58. The number of halogens is 2. The third-order valence-corrected chi connectivity index (χ3v) is 3.49. The summed E-state index contributed by atoms with van der Waals surface area (Å²) >= 11 is 3.43. The maximum Gasteiger partial charge on any atom is 0.123 e. The summed E-state index contributed by atoms with van der Waals surface area (Å²) in [6.07, 6.45) is 5.65. The van der Waals surface area contributed by atoms with Crippen molar-refractivity contribution < 1.29 is 4.39 Å². The summed E-state index contributed by atoms with van der Waals surface area (Å²) in [7, 11) is 1.85. The van der Waals surface area contributed by atoms with Crippen molar-refractivity contribution in [2.24, 2.45) is 0 Å². The molecular formula is C13H13BrFN3. The summed E-state index contributed by atoms with van der Waals surface area (Å²) in [5.41, 5.74) is 1.75. The predicted octanol–water partition coefficient (Wildman–Crippen LogP) is 2.88. The average Bonchev–Trinajstić information content (AvgIpc) is 2.41. The van der Waals surface area contributed by atoms with Gasteiger partial charge in [0, 0.05) is 23.1 Å². The van der Waals surface area contributed by atoms with Gasteiger partial charge in [-0.05, 0) is 37.2 Å². The molecule has 0 radical (unpaired) electrons. The lowest BCUT2D eigenvalue weighted by Gasteiger charge is -2.16. The predicted molar refractivity (Wildman–Crippen MR) is 71.6 cm³/mol. The van der Waals surface area contributed by atoms with E-state index in [0.29, 0.717) is 6.42 Å². The van der Waals surface area contributed by atoms with Crippen LogP contribution in [0.2, 0.25) is 0 Å². The number of hydrogen-bond donors (Lipinski definition) is 1. The van der Waals surface area contributed by atoms with Gasteiger partial charge in [-0.3, -0.25) is 9.97 Å². The first-order chi connectivity index (χ1) is 8.70. The highest BCUT2D eigenvalue weighted by Gasteiger charge is 2.13. The highest BCUT2D eigenvalue weighted by atomic mass is 79.9. The molecule has 2 aromatic rings. The van der Waals surface area contributed by atoms with Crippen LogP contribution in [0.4, 0.5) is 4.39 Å². The molecule has 3 nitrogen and oxygen atoms in total. The van der Waals surface area contributed by atoms with Gasteiger partial charge in [0.25, 0.3) is 0 Å². The molecule has 1 aromatic carbocycles. The Hall–Kier alpha value is -1.33. The molecule has 0 saturated carbocycles. The molecule has 0 fully saturated rings. The number of aromatic nitrogens is 2. The van der Waals surface area contributed by atoms with Crippen LogP contribution in [-0.2, 0) is 6.42 Å². The molecule has 1 atom stereocenters. The Morgan fingerprint density at radius 1 is 1.39 bits per heavy atom. The standard InChI is InChI=1S/C13H13BrFN3/c1-16-12(13-8-17-4-5-18-13)7-9-6-10(15)2-3-11(9)14/h2-6,8,12,16H,7H2,1H3. The van der Waals surface area contributed by atoms with Crippen LogP contribution in [0.1, 0.15) is 17.3 Å². The minimum atomic E-state index is -0.234. The first-order valence-corrected chi connectivity index (χ1v) is 6.37. The lowest BCUT2D eigenvalue weighted by Crippen LogP contribution is -2.20. The lowest BCUT2D eigenvalue weighted by molar-refractivity contribution is 0.567. The molecule has 2 rings (SSSR count). The molecule has 1 unspecified atom stereocenters. The number of nitrogens with zero attached hydrogens (tertiary/aromatic N) is 2. The van der Waals surface area contributed by atoms with Crippen molar-refractivity contribution in [1.29, 1.82) is 0 Å². The molecule has 0 aliphatic heterocycles. The normalized spacial score (nSPS) is 12.4. The van der Waals surface area contributed by atoms with Crippen LogP contribution in [0.3, 0.4) is 0 Å². The van der Waals surface area contributed by atoms with Gasteiger partial charge in [0.2, 0.25) is 0 Å². The van der Waals surface area contributed by atoms with E-state index in [4.69, 9.17) is 0 Å². The van der Waals surface area contributed by atoms with Gasteiger partial charge in [-0.15, -0.1) is 0 Å². The van der Waals surface area contributed by atoms with Crippen molar-refractivity contribution in [3.8, 4) is 0 Å². The summed E-state index contributed by atoms with van der Waals surface area (Å²) < 4.78 is 14.1. The zero-order valence-electron chi connectivity index (χ0n) is 9.90. The molecule has 0 aliphatic carbocycles. The average molecular weight is 310 g/mol. The first kappa shape index (κ1) is 13.1. The molecule has 0 saturated heterocycles. The van der Waals surface area contributed by atoms with Gasteiger partial charge in [-0.1, -0.05) is 15.9 Å². The molecule has 0 amide bonds. The fraction of sp³-hybridized carbons (Fsp3) is 0.231. The lowest BCUT2D eigenvalue weighted by atomic mass is 10.0. The molecule has 94 valence electrons. The van der Waals surface area contributed by atoms with Gasteiger partial charge < -0.3 is 5.32 Å². The summed E-state index contributed by atoms with van der Waals surface area (Å²) in [6.45, 7) is 0. The van der Waals surface area contributed by atoms with Crippen LogP contribution in [0.25, 0.3) is 0 Å². The molecule has 0 aliphatic rings. The fourth-order valence-corrected chi connectivity index (χ4v) is 2.17. The Balaban J connectivity index is 2.23. The molecule has 1 N–H and O–H groups in total. The Morgan fingerprint density at radius 3 is 2.89 bits per heavy atom. The van der Waals surface area contributed by atoms with E-state index in [0.717, 1.165) is 15.7 Å². The van der Waals surface area contributed by atoms with Crippen molar-refractivity contribution in [2.75, 3.05) is 7.05 Å². The van der Waals surface area contributed by atoms with E-state index in [1.54, 1.807) is 24.7 Å². The third kappa shape index (κ3) is 3.11. The topological polar surface area (TPSA) is 37.8 Å². The number of nitrogens with one attached hydrogen (secondary N) is 1. The third-order valence-electron chi connectivity index (χ3n) is 2.72. The Kier molecular flexibility index (Phi) is 4.38. The van der Waals surface area contributed by atoms with Crippen LogP contribution >= 0.6 is 15.9 Å². The SMILES string of the molecule is CNC(Cc1cc(F)ccc1Br)c1cnccn1. The van der Waals surface area contributed by atoms with E-state index in [-0.39, 0.29) is 11.9 Å². The van der Waals surface area contributed by atoms with E-state index in [2.05, 4.69) is 31.2 Å². The molecule has 5 heteroatoms. The summed E-state index contributed by atoms with van der Waals surface area (Å²) in [4.78, 5) is 8.31. The molecule has 0 bridgehead atoms.